The second-order valence-electron chi connectivity index (χ2n) is 2.14. The predicted molar refractivity (Wildman–Crippen MR) is 48.2 cm³/mol. The van der Waals surface area contributed by atoms with Gasteiger partial charge in [0.25, 0.3) is 0 Å². The number of allylic oxidation sites excluding steroid dienone is 5. The molecular formula is C9H13Cl. The van der Waals surface area contributed by atoms with Crippen molar-refractivity contribution in [3.05, 3.63) is 34.9 Å². The molecule has 0 aliphatic rings. The van der Waals surface area contributed by atoms with Gasteiger partial charge in [0.2, 0.25) is 0 Å². The van der Waals surface area contributed by atoms with E-state index in [-0.39, 0.29) is 0 Å². The number of rotatable bonds is 2. The van der Waals surface area contributed by atoms with Crippen LogP contribution in [0.5, 0.6) is 0 Å². The zero-order valence-corrected chi connectivity index (χ0v) is 7.44. The van der Waals surface area contributed by atoms with Crippen molar-refractivity contribution in [2.24, 2.45) is 0 Å². The van der Waals surface area contributed by atoms with E-state index in [4.69, 9.17) is 11.6 Å². The Bertz CT molecular complexity index is 173. The largest absolute Gasteiger partial charge is 0.0930 e. The molecule has 56 valence electrons. The van der Waals surface area contributed by atoms with Crippen LogP contribution in [0.2, 0.25) is 0 Å². The first-order chi connectivity index (χ1) is 4.72. The van der Waals surface area contributed by atoms with E-state index in [0.717, 1.165) is 0 Å². The van der Waals surface area contributed by atoms with Gasteiger partial charge >= 0.3 is 0 Å². The van der Waals surface area contributed by atoms with Crippen LogP contribution >= 0.6 is 11.6 Å². The average molecular weight is 157 g/mol. The van der Waals surface area contributed by atoms with Crippen LogP contribution < -0.4 is 0 Å². The maximum atomic E-state index is 5.35. The van der Waals surface area contributed by atoms with Crippen LogP contribution in [0.1, 0.15) is 20.8 Å². The molecule has 0 atom stereocenters. The Morgan fingerprint density at radius 2 is 1.80 bits per heavy atom. The van der Waals surface area contributed by atoms with Gasteiger partial charge in [-0.25, -0.2) is 0 Å². The minimum atomic E-state index is 1.25. The highest BCUT2D eigenvalue weighted by atomic mass is 35.5. The van der Waals surface area contributed by atoms with Gasteiger partial charge in [-0.3, -0.25) is 0 Å². The highest BCUT2D eigenvalue weighted by Gasteiger charge is 1.86. The van der Waals surface area contributed by atoms with Crippen molar-refractivity contribution in [2.45, 2.75) is 20.8 Å². The number of hydrogen-bond acceptors (Lipinski definition) is 0. The van der Waals surface area contributed by atoms with Crippen molar-refractivity contribution in [1.82, 2.24) is 0 Å². The summed E-state index contributed by atoms with van der Waals surface area (Å²) < 4.78 is 0. The summed E-state index contributed by atoms with van der Waals surface area (Å²) in [5, 5.41) is 0. The smallest absolute Gasteiger partial charge is 0.00425 e. The normalized spacial score (nSPS) is 14.8. The summed E-state index contributed by atoms with van der Waals surface area (Å²) in [4.78, 5) is 0. The zero-order valence-electron chi connectivity index (χ0n) is 6.69. The van der Waals surface area contributed by atoms with Crippen LogP contribution in [0, 0.1) is 0 Å². The first kappa shape index (κ1) is 9.51. The lowest BCUT2D eigenvalue weighted by Crippen LogP contribution is -1.75. The third kappa shape index (κ3) is 3.52. The molecule has 10 heavy (non-hydrogen) atoms. The lowest BCUT2D eigenvalue weighted by Gasteiger charge is -1.96. The van der Waals surface area contributed by atoms with E-state index in [2.05, 4.69) is 19.9 Å². The lowest BCUT2D eigenvalue weighted by molar-refractivity contribution is 1.33. The molecule has 0 rings (SSSR count). The highest BCUT2D eigenvalue weighted by Crippen LogP contribution is 2.07. The summed E-state index contributed by atoms with van der Waals surface area (Å²) >= 11 is 5.35. The van der Waals surface area contributed by atoms with Crippen LogP contribution in [0.3, 0.4) is 0 Å². The minimum absolute atomic E-state index is 1.25. The first-order valence-electron chi connectivity index (χ1n) is 3.29. The van der Waals surface area contributed by atoms with Gasteiger partial charge in [0.15, 0.2) is 0 Å². The second-order valence-corrected chi connectivity index (χ2v) is 2.39. The van der Waals surface area contributed by atoms with Crippen LogP contribution in [0.4, 0.5) is 0 Å². The topological polar surface area (TPSA) is 0 Å². The van der Waals surface area contributed by atoms with Crippen LogP contribution in [-0.4, -0.2) is 0 Å². The Morgan fingerprint density at radius 1 is 1.20 bits per heavy atom. The molecule has 0 aromatic rings. The Kier molecular flexibility index (Phi) is 5.05. The van der Waals surface area contributed by atoms with E-state index in [9.17, 15) is 0 Å². The Hall–Kier alpha value is -0.490. The van der Waals surface area contributed by atoms with Crippen molar-refractivity contribution in [1.29, 1.82) is 0 Å². The summed E-state index contributed by atoms with van der Waals surface area (Å²) in [6.07, 6.45) is 5.89. The maximum Gasteiger partial charge on any atom is 0.00425 e. The molecule has 0 aromatic carbocycles. The van der Waals surface area contributed by atoms with Gasteiger partial charge in [0, 0.05) is 5.54 Å². The van der Waals surface area contributed by atoms with E-state index < -0.39 is 0 Å². The third-order valence-corrected chi connectivity index (χ3v) is 1.62. The molecule has 0 saturated heterocycles. The summed E-state index contributed by atoms with van der Waals surface area (Å²) in [5.41, 5.74) is 4.04. The molecule has 0 unspecified atom stereocenters. The number of halogens is 1. The molecule has 0 spiro atoms. The number of hydrogen-bond donors (Lipinski definition) is 0. The van der Waals surface area contributed by atoms with Crippen molar-refractivity contribution in [3.63, 3.8) is 0 Å². The van der Waals surface area contributed by atoms with E-state index in [0.29, 0.717) is 0 Å². The Morgan fingerprint density at radius 3 is 2.20 bits per heavy atom. The van der Waals surface area contributed by atoms with Crippen molar-refractivity contribution in [3.8, 4) is 0 Å². The fourth-order valence-electron chi connectivity index (χ4n) is 0.540. The Labute approximate surface area is 67.9 Å². The molecule has 0 amide bonds. The summed E-state index contributed by atoms with van der Waals surface area (Å²) in [6, 6.07) is 0. The van der Waals surface area contributed by atoms with Crippen molar-refractivity contribution < 1.29 is 0 Å². The summed E-state index contributed by atoms with van der Waals surface area (Å²) in [5.74, 6) is 0. The lowest BCUT2D eigenvalue weighted by atomic mass is 10.1. The van der Waals surface area contributed by atoms with Gasteiger partial charge in [-0.2, -0.15) is 0 Å². The molecule has 0 fully saturated rings. The van der Waals surface area contributed by atoms with Crippen LogP contribution in [-0.2, 0) is 0 Å². The molecule has 0 saturated carbocycles. The average Bonchev–Trinajstić information content (AvgIpc) is 1.98. The molecule has 1 heteroatoms. The summed E-state index contributed by atoms with van der Waals surface area (Å²) in [7, 11) is 0. The Balaban J connectivity index is 4.19. The standard InChI is InChI=1S/C9H13Cl/c1-4-8(2)9(3)6-5-7-10/h4-7H,1-3H3/b7-5+,8-4-,9-6-. The molecule has 0 radical (unpaired) electrons. The van der Waals surface area contributed by atoms with Crippen molar-refractivity contribution >= 4 is 11.6 Å². The van der Waals surface area contributed by atoms with E-state index in [1.54, 1.807) is 0 Å². The SMILES string of the molecule is C\C=C(C)/C(C)=C\C=C\Cl. The fraction of sp³-hybridized carbons (Fsp3) is 0.333. The van der Waals surface area contributed by atoms with Gasteiger partial charge < -0.3 is 0 Å². The molecule has 0 nitrogen and oxygen atoms in total. The molecule has 0 N–H and O–H groups in total. The molecule has 0 aliphatic carbocycles. The van der Waals surface area contributed by atoms with Gasteiger partial charge in [0.05, 0.1) is 0 Å². The quantitative estimate of drug-likeness (QED) is 0.536. The van der Waals surface area contributed by atoms with Crippen LogP contribution in [0.15, 0.2) is 34.9 Å². The summed E-state index contributed by atoms with van der Waals surface area (Å²) in [6.45, 7) is 6.16. The monoisotopic (exact) mass is 156 g/mol. The predicted octanol–water partition coefficient (Wildman–Crippen LogP) is 3.65. The highest BCUT2D eigenvalue weighted by molar-refractivity contribution is 6.25. The molecule has 0 aromatic heterocycles. The molecule has 0 bridgehead atoms. The molecule has 0 heterocycles. The van der Waals surface area contributed by atoms with Crippen LogP contribution in [0.25, 0.3) is 0 Å². The fourth-order valence-corrected chi connectivity index (χ4v) is 0.613. The van der Waals surface area contributed by atoms with Crippen molar-refractivity contribution in [2.75, 3.05) is 0 Å². The minimum Gasteiger partial charge on any atom is -0.0930 e. The van der Waals surface area contributed by atoms with E-state index >= 15 is 0 Å². The van der Waals surface area contributed by atoms with Gasteiger partial charge in [-0.1, -0.05) is 35.4 Å². The third-order valence-electron chi connectivity index (χ3n) is 1.47. The van der Waals surface area contributed by atoms with E-state index in [1.165, 1.54) is 16.7 Å². The second kappa shape index (κ2) is 5.31. The van der Waals surface area contributed by atoms with Gasteiger partial charge in [0.1, 0.15) is 0 Å². The zero-order chi connectivity index (χ0) is 7.98. The van der Waals surface area contributed by atoms with Gasteiger partial charge in [-0.05, 0) is 26.3 Å². The van der Waals surface area contributed by atoms with Gasteiger partial charge in [-0.15, -0.1) is 0 Å². The first-order valence-corrected chi connectivity index (χ1v) is 3.73. The van der Waals surface area contributed by atoms with E-state index in [1.807, 2.05) is 19.1 Å². The molecule has 0 aliphatic heterocycles. The maximum absolute atomic E-state index is 5.35. The molecular weight excluding hydrogens is 144 g/mol.